The predicted molar refractivity (Wildman–Crippen MR) is 80.5 cm³/mol. The molecule has 2 atom stereocenters. The van der Waals surface area contributed by atoms with Crippen LogP contribution in [0.5, 0.6) is 0 Å². The first kappa shape index (κ1) is 12.6. The summed E-state index contributed by atoms with van der Waals surface area (Å²) in [6.07, 6.45) is 3.98. The molecule has 1 saturated heterocycles. The summed E-state index contributed by atoms with van der Waals surface area (Å²) in [5, 5.41) is 0. The molecule has 1 heterocycles. The Morgan fingerprint density at radius 2 is 1.94 bits per heavy atom. The molecule has 0 saturated carbocycles. The predicted octanol–water partition coefficient (Wildman–Crippen LogP) is 1.35. The molecule has 2 aliphatic rings. The van der Waals surface area contributed by atoms with Gasteiger partial charge in [0.2, 0.25) is 0 Å². The van der Waals surface area contributed by atoms with Gasteiger partial charge in [-0.25, -0.2) is 0 Å². The number of piperazine rings is 1. The number of hydrogen-bond donors (Lipinski definition) is 0. The van der Waals surface area contributed by atoms with Crippen molar-refractivity contribution in [2.45, 2.75) is 24.0 Å². The molecule has 1 aliphatic heterocycles. The van der Waals surface area contributed by atoms with Crippen molar-refractivity contribution in [1.29, 1.82) is 0 Å². The second kappa shape index (κ2) is 5.27. The van der Waals surface area contributed by atoms with Gasteiger partial charge in [0.15, 0.2) is 0 Å². The molecule has 0 radical (unpaired) electrons. The minimum absolute atomic E-state index is 0.915. The number of benzene rings is 1. The number of nitrogens with zero attached hydrogens (tertiary/aromatic N) is 2. The maximum atomic E-state index is 2.60. The number of rotatable bonds is 1. The molecule has 98 valence electrons. The zero-order valence-electron chi connectivity index (χ0n) is 11.2. The van der Waals surface area contributed by atoms with Gasteiger partial charge >= 0.3 is 119 Å². The Morgan fingerprint density at radius 3 is 2.72 bits per heavy atom. The van der Waals surface area contributed by atoms with Crippen LogP contribution < -0.4 is 4.90 Å². The molecule has 2 nitrogen and oxygen atoms in total. The van der Waals surface area contributed by atoms with Crippen LogP contribution in [-0.2, 0) is 12.8 Å². The molecule has 0 bridgehead atoms. The molecule has 3 heteroatoms. The molecule has 0 amide bonds. The minimum atomic E-state index is 0.915. The van der Waals surface area contributed by atoms with Crippen molar-refractivity contribution in [3.05, 3.63) is 29.3 Å². The summed E-state index contributed by atoms with van der Waals surface area (Å²) in [5.74, 6) is 0. The molecular weight excluding hydrogens is 283 g/mol. The maximum absolute atomic E-state index is 2.60. The van der Waals surface area contributed by atoms with Gasteiger partial charge < -0.3 is 0 Å². The zero-order chi connectivity index (χ0) is 12.5. The summed E-state index contributed by atoms with van der Waals surface area (Å²) in [5.41, 5.74) is 4.80. The van der Waals surface area contributed by atoms with Crippen molar-refractivity contribution in [2.24, 2.45) is 0 Å². The zero-order valence-corrected chi connectivity index (χ0v) is 13.7. The Kier molecular flexibility index (Phi) is 3.68. The molecule has 1 fully saturated rings. The van der Waals surface area contributed by atoms with Crippen molar-refractivity contribution < 1.29 is 0 Å². The van der Waals surface area contributed by atoms with Gasteiger partial charge in [0.25, 0.3) is 0 Å². The van der Waals surface area contributed by atoms with Crippen LogP contribution in [0, 0.1) is 0 Å². The standard InChI is InChI=1S/C15H23AsN2/c1-17-7-9-18(10-8-17)15-4-2-3-12-5-6-13(16)11-14(12)15/h2-4,13H,5-11,16H2,1H3/t13-/m1/s1. The van der Waals surface area contributed by atoms with Crippen LogP contribution in [0.25, 0.3) is 0 Å². The summed E-state index contributed by atoms with van der Waals surface area (Å²) < 4.78 is 0.915. The van der Waals surface area contributed by atoms with E-state index in [1.54, 1.807) is 11.1 Å². The number of anilines is 1. The van der Waals surface area contributed by atoms with Crippen LogP contribution in [0.15, 0.2) is 18.2 Å². The third-order valence-electron chi connectivity index (χ3n) is 4.34. The van der Waals surface area contributed by atoms with E-state index in [2.05, 4.69) is 35.0 Å². The van der Waals surface area contributed by atoms with Crippen LogP contribution in [0.3, 0.4) is 0 Å². The molecule has 1 aliphatic carbocycles. The number of aryl methyl sites for hydroxylation is 1. The summed E-state index contributed by atoms with van der Waals surface area (Å²) in [6, 6.07) is 6.94. The van der Waals surface area contributed by atoms with Crippen LogP contribution >= 0.6 is 0 Å². The number of fused-ring (bicyclic) bond motifs is 1. The van der Waals surface area contributed by atoms with E-state index in [0.717, 1.165) is 4.71 Å². The second-order valence-corrected chi connectivity index (χ2v) is 7.69. The van der Waals surface area contributed by atoms with Crippen LogP contribution in [0.2, 0.25) is 4.71 Å². The molecule has 0 N–H and O–H groups in total. The van der Waals surface area contributed by atoms with E-state index in [4.69, 9.17) is 0 Å². The van der Waals surface area contributed by atoms with Crippen LogP contribution in [-0.4, -0.2) is 55.0 Å². The Hall–Kier alpha value is -0.462. The molecule has 1 aromatic carbocycles. The first-order chi connectivity index (χ1) is 8.74. The van der Waals surface area contributed by atoms with Gasteiger partial charge in [-0.15, -0.1) is 0 Å². The average Bonchev–Trinajstić information content (AvgIpc) is 2.39. The fraction of sp³-hybridized carbons (Fsp3) is 0.600. The molecule has 18 heavy (non-hydrogen) atoms. The van der Waals surface area contributed by atoms with Crippen LogP contribution in [0.1, 0.15) is 17.5 Å². The summed E-state index contributed by atoms with van der Waals surface area (Å²) in [4.78, 5) is 5.03. The molecular formula is C15H23AsN2. The van der Waals surface area contributed by atoms with Gasteiger partial charge in [0.1, 0.15) is 0 Å². The molecule has 0 aromatic heterocycles. The van der Waals surface area contributed by atoms with E-state index in [1.165, 1.54) is 51.1 Å². The van der Waals surface area contributed by atoms with E-state index in [9.17, 15) is 0 Å². The fourth-order valence-electron chi connectivity index (χ4n) is 3.14. The first-order valence-corrected chi connectivity index (χ1v) is 8.44. The normalized spacial score (nSPS) is 25.0. The average molecular weight is 306 g/mol. The van der Waals surface area contributed by atoms with Gasteiger partial charge in [-0.2, -0.15) is 0 Å². The Balaban J connectivity index is 1.88. The van der Waals surface area contributed by atoms with E-state index in [1.807, 2.05) is 16.9 Å². The quantitative estimate of drug-likeness (QED) is 0.723. The SMILES string of the molecule is CN1CCN(c2cccc3c2C[C@H]([AsH2])CC3)CC1. The second-order valence-electron chi connectivity index (χ2n) is 5.71. The van der Waals surface area contributed by atoms with E-state index >= 15 is 0 Å². The van der Waals surface area contributed by atoms with Gasteiger partial charge in [-0.3, -0.25) is 0 Å². The van der Waals surface area contributed by atoms with E-state index in [-0.39, 0.29) is 0 Å². The summed E-state index contributed by atoms with van der Waals surface area (Å²) in [6.45, 7) is 4.77. The number of hydrogen-bond acceptors (Lipinski definition) is 2. The third kappa shape index (κ3) is 2.46. The first-order valence-electron chi connectivity index (χ1n) is 7.04. The monoisotopic (exact) mass is 306 g/mol. The van der Waals surface area contributed by atoms with E-state index < -0.39 is 0 Å². The molecule has 0 spiro atoms. The van der Waals surface area contributed by atoms with Gasteiger partial charge in [0, 0.05) is 0 Å². The number of likely N-dealkylation sites (N-methyl/N-ethyl adjacent to an activating group) is 1. The van der Waals surface area contributed by atoms with Crippen molar-refractivity contribution in [3.63, 3.8) is 0 Å². The van der Waals surface area contributed by atoms with Gasteiger partial charge in [-0.1, -0.05) is 0 Å². The Bertz CT molecular complexity index is 425. The summed E-state index contributed by atoms with van der Waals surface area (Å²) >= 11 is 1.92. The fourth-order valence-corrected chi connectivity index (χ4v) is 3.98. The van der Waals surface area contributed by atoms with Crippen molar-refractivity contribution in [2.75, 3.05) is 38.1 Å². The van der Waals surface area contributed by atoms with Gasteiger partial charge in [0.05, 0.1) is 0 Å². The Labute approximate surface area is 119 Å². The molecule has 3 rings (SSSR count). The molecule has 1 aromatic rings. The van der Waals surface area contributed by atoms with Crippen molar-refractivity contribution >= 4 is 22.5 Å². The van der Waals surface area contributed by atoms with Gasteiger partial charge in [-0.05, 0) is 0 Å². The summed E-state index contributed by atoms with van der Waals surface area (Å²) in [7, 11) is 2.22. The van der Waals surface area contributed by atoms with Crippen LogP contribution in [0.4, 0.5) is 5.69 Å². The topological polar surface area (TPSA) is 6.48 Å². The third-order valence-corrected chi connectivity index (χ3v) is 5.54. The van der Waals surface area contributed by atoms with Crippen molar-refractivity contribution in [3.8, 4) is 0 Å². The molecule has 1 unspecified atom stereocenters. The van der Waals surface area contributed by atoms with E-state index in [0.29, 0.717) is 0 Å². The Morgan fingerprint density at radius 1 is 1.17 bits per heavy atom. The van der Waals surface area contributed by atoms with Crippen molar-refractivity contribution in [1.82, 2.24) is 4.90 Å².